The second-order valence-electron chi connectivity index (χ2n) is 3.97. The predicted octanol–water partition coefficient (Wildman–Crippen LogP) is 2.74. The maximum Gasteiger partial charge on any atom is 0.271 e. The van der Waals surface area contributed by atoms with Gasteiger partial charge in [-0.1, -0.05) is 30.3 Å². The molecule has 2 aromatic carbocycles. The number of nitro groups is 1. The molecule has 102 valence electrons. The van der Waals surface area contributed by atoms with Crippen molar-refractivity contribution in [2.24, 2.45) is 0 Å². The minimum atomic E-state index is -0.531. The van der Waals surface area contributed by atoms with E-state index in [1.165, 1.54) is 18.2 Å². The number of nitro benzene ring substituents is 1. The highest BCUT2D eigenvalue weighted by Crippen LogP contribution is 2.29. The summed E-state index contributed by atoms with van der Waals surface area (Å²) in [4.78, 5) is 20.7. The maximum atomic E-state index is 10.7. The molecule has 0 aliphatic heterocycles. The molecular weight excluding hydrogens is 260 g/mol. The third-order valence-electron chi connectivity index (χ3n) is 2.63. The number of nitrogens with zero attached hydrogens (tertiary/aromatic N) is 1. The molecular formula is C14H12N2O4. The standard InChI is InChI=1S/C14H12N2O4/c17-10-15-13-8-12(16(18)19)6-7-14(13)20-9-11-4-2-1-3-5-11/h1-8,10H,9H2,(H,15,17). The molecule has 6 nitrogen and oxygen atoms in total. The summed E-state index contributed by atoms with van der Waals surface area (Å²) in [5, 5.41) is 13.1. The van der Waals surface area contributed by atoms with Gasteiger partial charge in [-0.05, 0) is 11.6 Å². The summed E-state index contributed by atoms with van der Waals surface area (Å²) in [7, 11) is 0. The van der Waals surface area contributed by atoms with Crippen LogP contribution in [0.5, 0.6) is 5.75 Å². The number of hydrogen-bond donors (Lipinski definition) is 1. The van der Waals surface area contributed by atoms with Crippen LogP contribution in [0.4, 0.5) is 11.4 Å². The van der Waals surface area contributed by atoms with E-state index in [4.69, 9.17) is 4.74 Å². The first-order chi connectivity index (χ1) is 9.70. The summed E-state index contributed by atoms with van der Waals surface area (Å²) in [5.74, 6) is 0.381. The van der Waals surface area contributed by atoms with Crippen LogP contribution in [0.15, 0.2) is 48.5 Å². The minimum Gasteiger partial charge on any atom is -0.487 e. The van der Waals surface area contributed by atoms with Crippen molar-refractivity contribution in [3.63, 3.8) is 0 Å². The van der Waals surface area contributed by atoms with E-state index in [2.05, 4.69) is 5.32 Å². The van der Waals surface area contributed by atoms with Crippen molar-refractivity contribution in [3.8, 4) is 5.75 Å². The molecule has 0 fully saturated rings. The molecule has 0 aliphatic carbocycles. The van der Waals surface area contributed by atoms with Gasteiger partial charge in [0.15, 0.2) is 0 Å². The van der Waals surface area contributed by atoms with Crippen LogP contribution in [0.25, 0.3) is 0 Å². The van der Waals surface area contributed by atoms with Crippen LogP contribution in [0.2, 0.25) is 0 Å². The van der Waals surface area contributed by atoms with Crippen LogP contribution in [0, 0.1) is 10.1 Å². The maximum absolute atomic E-state index is 10.7. The first-order valence-corrected chi connectivity index (χ1v) is 5.86. The molecule has 0 spiro atoms. The summed E-state index contributed by atoms with van der Waals surface area (Å²) < 4.78 is 5.57. The van der Waals surface area contributed by atoms with Crippen LogP contribution in [0.1, 0.15) is 5.56 Å². The van der Waals surface area contributed by atoms with Gasteiger partial charge in [-0.25, -0.2) is 0 Å². The van der Waals surface area contributed by atoms with Crippen molar-refractivity contribution in [2.75, 3.05) is 5.32 Å². The Kier molecular flexibility index (Phi) is 4.28. The van der Waals surface area contributed by atoms with E-state index in [9.17, 15) is 14.9 Å². The summed E-state index contributed by atoms with van der Waals surface area (Å²) in [6.07, 6.45) is 0.453. The van der Waals surface area contributed by atoms with Gasteiger partial charge in [0.05, 0.1) is 10.6 Å². The zero-order valence-electron chi connectivity index (χ0n) is 10.5. The lowest BCUT2D eigenvalue weighted by Crippen LogP contribution is -2.02. The van der Waals surface area contributed by atoms with Crippen LogP contribution < -0.4 is 10.1 Å². The molecule has 0 aromatic heterocycles. The Morgan fingerprint density at radius 2 is 1.95 bits per heavy atom. The molecule has 0 saturated carbocycles. The molecule has 1 amide bonds. The number of ether oxygens (including phenoxy) is 1. The Morgan fingerprint density at radius 1 is 1.20 bits per heavy atom. The molecule has 0 saturated heterocycles. The summed E-state index contributed by atoms with van der Waals surface area (Å²) >= 11 is 0. The molecule has 0 aliphatic rings. The zero-order valence-corrected chi connectivity index (χ0v) is 10.5. The van der Waals surface area contributed by atoms with Gasteiger partial charge in [-0.15, -0.1) is 0 Å². The number of benzene rings is 2. The Balaban J connectivity index is 2.18. The Morgan fingerprint density at radius 3 is 2.60 bits per heavy atom. The van der Waals surface area contributed by atoms with Crippen LogP contribution in [0.3, 0.4) is 0 Å². The molecule has 0 unspecified atom stereocenters. The highest BCUT2D eigenvalue weighted by Gasteiger charge is 2.11. The quantitative estimate of drug-likeness (QED) is 0.498. The average Bonchev–Trinajstić information content (AvgIpc) is 2.47. The van der Waals surface area contributed by atoms with E-state index in [1.54, 1.807) is 0 Å². The number of hydrogen-bond acceptors (Lipinski definition) is 4. The van der Waals surface area contributed by atoms with E-state index >= 15 is 0 Å². The van der Waals surface area contributed by atoms with Crippen molar-refractivity contribution in [1.82, 2.24) is 0 Å². The highest BCUT2D eigenvalue weighted by molar-refractivity contribution is 5.76. The molecule has 20 heavy (non-hydrogen) atoms. The third kappa shape index (κ3) is 3.32. The monoisotopic (exact) mass is 272 g/mol. The topological polar surface area (TPSA) is 81.5 Å². The van der Waals surface area contributed by atoms with Gasteiger partial charge in [-0.3, -0.25) is 14.9 Å². The second kappa shape index (κ2) is 6.33. The van der Waals surface area contributed by atoms with E-state index in [0.29, 0.717) is 18.8 Å². The molecule has 0 heterocycles. The fourth-order valence-corrected chi connectivity index (χ4v) is 1.67. The molecule has 0 radical (unpaired) electrons. The number of amides is 1. The van der Waals surface area contributed by atoms with E-state index in [0.717, 1.165) is 5.56 Å². The van der Waals surface area contributed by atoms with Crippen molar-refractivity contribution in [2.45, 2.75) is 6.61 Å². The van der Waals surface area contributed by atoms with Crippen molar-refractivity contribution >= 4 is 17.8 Å². The fraction of sp³-hybridized carbons (Fsp3) is 0.0714. The van der Waals surface area contributed by atoms with Crippen molar-refractivity contribution in [1.29, 1.82) is 0 Å². The minimum absolute atomic E-state index is 0.110. The van der Waals surface area contributed by atoms with Gasteiger partial charge < -0.3 is 10.1 Å². The molecule has 1 N–H and O–H groups in total. The van der Waals surface area contributed by atoms with Crippen LogP contribution in [-0.2, 0) is 11.4 Å². The smallest absolute Gasteiger partial charge is 0.271 e. The first kappa shape index (κ1) is 13.5. The number of carbonyl (C=O) groups is 1. The lowest BCUT2D eigenvalue weighted by atomic mass is 10.2. The number of rotatable bonds is 6. The lowest BCUT2D eigenvalue weighted by molar-refractivity contribution is -0.384. The normalized spacial score (nSPS) is 9.80. The largest absolute Gasteiger partial charge is 0.487 e. The summed E-state index contributed by atoms with van der Waals surface area (Å²) in [6, 6.07) is 13.5. The number of anilines is 1. The Bertz CT molecular complexity index is 614. The molecule has 0 bridgehead atoms. The number of non-ortho nitro benzene ring substituents is 1. The summed E-state index contributed by atoms with van der Waals surface area (Å²) in [6.45, 7) is 0.312. The van der Waals surface area contributed by atoms with Crippen molar-refractivity contribution < 1.29 is 14.5 Å². The number of carbonyl (C=O) groups excluding carboxylic acids is 1. The van der Waals surface area contributed by atoms with Gasteiger partial charge in [0.1, 0.15) is 12.4 Å². The van der Waals surface area contributed by atoms with Gasteiger partial charge in [-0.2, -0.15) is 0 Å². The van der Waals surface area contributed by atoms with Crippen molar-refractivity contribution in [3.05, 3.63) is 64.2 Å². The Labute approximate surface area is 115 Å². The van der Waals surface area contributed by atoms with Crippen LogP contribution in [-0.4, -0.2) is 11.3 Å². The highest BCUT2D eigenvalue weighted by atomic mass is 16.6. The Hall–Kier alpha value is -2.89. The van der Waals surface area contributed by atoms with Gasteiger partial charge in [0.25, 0.3) is 5.69 Å². The molecule has 0 atom stereocenters. The lowest BCUT2D eigenvalue weighted by Gasteiger charge is -2.10. The fourth-order valence-electron chi connectivity index (χ4n) is 1.67. The molecule has 2 aromatic rings. The predicted molar refractivity (Wildman–Crippen MR) is 73.6 cm³/mol. The average molecular weight is 272 g/mol. The SMILES string of the molecule is O=CNc1cc([N+](=O)[O-])ccc1OCc1ccccc1. The zero-order chi connectivity index (χ0) is 14.4. The first-order valence-electron chi connectivity index (χ1n) is 5.86. The van der Waals surface area contributed by atoms with E-state index < -0.39 is 4.92 Å². The molecule has 2 rings (SSSR count). The van der Waals surface area contributed by atoms with E-state index in [1.807, 2.05) is 30.3 Å². The van der Waals surface area contributed by atoms with Crippen LogP contribution >= 0.6 is 0 Å². The second-order valence-corrected chi connectivity index (χ2v) is 3.97. The van der Waals surface area contributed by atoms with Gasteiger partial charge >= 0.3 is 0 Å². The molecule has 6 heteroatoms. The third-order valence-corrected chi connectivity index (χ3v) is 2.63. The van der Waals surface area contributed by atoms with Gasteiger partial charge in [0.2, 0.25) is 6.41 Å². The van der Waals surface area contributed by atoms with E-state index in [-0.39, 0.29) is 11.4 Å². The summed E-state index contributed by atoms with van der Waals surface area (Å²) in [5.41, 5.74) is 1.12. The van der Waals surface area contributed by atoms with Gasteiger partial charge in [0, 0.05) is 12.1 Å². The number of nitrogens with one attached hydrogen (secondary N) is 1.